The maximum Gasteiger partial charge on any atom is 0.305 e. The zero-order valence-electron chi connectivity index (χ0n) is 24.1. The summed E-state index contributed by atoms with van der Waals surface area (Å²) in [5.74, 6) is 2.68. The number of halogens is 2. The van der Waals surface area contributed by atoms with Crippen molar-refractivity contribution in [2.45, 2.75) is 45.7 Å². The number of aromatic nitrogens is 5. The molecule has 224 valence electrons. The number of esters is 1. The first-order chi connectivity index (χ1) is 20.8. The van der Waals surface area contributed by atoms with E-state index in [2.05, 4.69) is 29.7 Å². The number of hydrogen-bond acceptors (Lipinski definition) is 9. The lowest BCUT2D eigenvalue weighted by atomic mass is 9.93. The number of nitrogens with one attached hydrogen (secondary N) is 1. The van der Waals surface area contributed by atoms with Crippen LogP contribution < -0.4 is 9.64 Å². The summed E-state index contributed by atoms with van der Waals surface area (Å²) in [6, 6.07) is 9.35. The molecule has 43 heavy (non-hydrogen) atoms. The number of imidazole rings is 1. The van der Waals surface area contributed by atoms with Crippen LogP contribution in [0.1, 0.15) is 42.0 Å². The van der Waals surface area contributed by atoms with Gasteiger partial charge in [0.2, 0.25) is 11.8 Å². The van der Waals surface area contributed by atoms with Crippen LogP contribution in [-0.4, -0.2) is 62.5 Å². The second-order valence-electron chi connectivity index (χ2n) is 11.1. The van der Waals surface area contributed by atoms with Gasteiger partial charge in [0.15, 0.2) is 5.75 Å². The van der Waals surface area contributed by atoms with E-state index in [1.165, 1.54) is 7.11 Å². The summed E-state index contributed by atoms with van der Waals surface area (Å²) >= 11 is 12.6. The van der Waals surface area contributed by atoms with Crippen LogP contribution in [-0.2, 0) is 29.0 Å². The zero-order chi connectivity index (χ0) is 29.9. The van der Waals surface area contributed by atoms with E-state index >= 15 is 0 Å². The molecule has 0 amide bonds. The molecule has 0 atom stereocenters. The Morgan fingerprint density at radius 3 is 2.49 bits per heavy atom. The number of aromatic amines is 1. The van der Waals surface area contributed by atoms with Gasteiger partial charge < -0.3 is 19.4 Å². The second-order valence-corrected chi connectivity index (χ2v) is 12.0. The van der Waals surface area contributed by atoms with E-state index in [-0.39, 0.29) is 5.97 Å². The molecule has 0 aliphatic carbocycles. The van der Waals surface area contributed by atoms with Crippen molar-refractivity contribution in [1.29, 1.82) is 0 Å². The van der Waals surface area contributed by atoms with E-state index < -0.39 is 0 Å². The van der Waals surface area contributed by atoms with Gasteiger partial charge in [0.05, 0.1) is 43.1 Å². The van der Waals surface area contributed by atoms with Crippen molar-refractivity contribution in [3.63, 3.8) is 0 Å². The third-order valence-electron chi connectivity index (χ3n) is 7.89. The number of carbonyl (C=O) groups excluding carboxylic acids is 1. The number of aryl methyl sites for hydroxylation is 1. The highest BCUT2D eigenvalue weighted by molar-refractivity contribution is 6.35. The van der Waals surface area contributed by atoms with E-state index in [1.807, 2.05) is 31.2 Å². The van der Waals surface area contributed by atoms with Gasteiger partial charge in [-0.25, -0.2) is 19.9 Å². The molecule has 0 bridgehead atoms. The fourth-order valence-corrected chi connectivity index (χ4v) is 6.26. The van der Waals surface area contributed by atoms with Gasteiger partial charge in [-0.3, -0.25) is 9.69 Å². The topological polar surface area (TPSA) is 109 Å². The van der Waals surface area contributed by atoms with E-state index in [1.54, 1.807) is 18.5 Å². The molecule has 12 heteroatoms. The summed E-state index contributed by atoms with van der Waals surface area (Å²) in [5.41, 5.74) is 4.76. The Balaban J connectivity index is 1.19. The molecule has 0 radical (unpaired) electrons. The Morgan fingerprint density at radius 1 is 1.02 bits per heavy atom. The van der Waals surface area contributed by atoms with Crippen LogP contribution in [0.2, 0.25) is 10.0 Å². The smallest absolute Gasteiger partial charge is 0.305 e. The number of nitrogens with zero attached hydrogens (tertiary/aromatic N) is 6. The summed E-state index contributed by atoms with van der Waals surface area (Å²) in [4.78, 5) is 38.1. The maximum atomic E-state index is 11.7. The monoisotopic (exact) mass is 621 g/mol. The minimum absolute atomic E-state index is 0.144. The van der Waals surface area contributed by atoms with Gasteiger partial charge in [-0.1, -0.05) is 23.2 Å². The summed E-state index contributed by atoms with van der Waals surface area (Å²) in [6.07, 6.45) is 6.56. The van der Waals surface area contributed by atoms with E-state index in [0.29, 0.717) is 58.7 Å². The van der Waals surface area contributed by atoms with Crippen molar-refractivity contribution in [2.75, 3.05) is 31.6 Å². The predicted molar refractivity (Wildman–Crippen MR) is 165 cm³/mol. The van der Waals surface area contributed by atoms with Crippen LogP contribution in [0.5, 0.6) is 11.6 Å². The maximum absolute atomic E-state index is 11.7. The average Bonchev–Trinajstić information content (AvgIpc) is 3.37. The number of rotatable bonds is 8. The van der Waals surface area contributed by atoms with Crippen LogP contribution in [0.3, 0.4) is 0 Å². The third kappa shape index (κ3) is 7.26. The van der Waals surface area contributed by atoms with Gasteiger partial charge in [-0.05, 0) is 68.6 Å². The molecule has 1 aromatic carbocycles. The molecule has 5 heterocycles. The molecule has 1 saturated heterocycles. The average molecular weight is 623 g/mol. The van der Waals surface area contributed by atoms with E-state index in [4.69, 9.17) is 37.7 Å². The lowest BCUT2D eigenvalue weighted by Gasteiger charge is -2.31. The normalized spacial score (nSPS) is 15.8. The number of piperidine rings is 1. The molecule has 3 aromatic heterocycles. The molecule has 1 N–H and O–H groups in total. The van der Waals surface area contributed by atoms with Gasteiger partial charge >= 0.3 is 5.97 Å². The van der Waals surface area contributed by atoms with Gasteiger partial charge in [0.25, 0.3) is 0 Å². The minimum Gasteiger partial charge on any atom is -0.469 e. The molecule has 10 nitrogen and oxygen atoms in total. The number of methoxy groups -OCH3 is 1. The molecule has 4 aromatic rings. The van der Waals surface area contributed by atoms with Crippen LogP contribution in [0, 0.1) is 12.8 Å². The number of likely N-dealkylation sites (tertiary alicyclic amines) is 1. The van der Waals surface area contributed by atoms with Crippen LogP contribution >= 0.6 is 23.2 Å². The van der Waals surface area contributed by atoms with Crippen molar-refractivity contribution >= 4 is 35.1 Å². The van der Waals surface area contributed by atoms with Crippen molar-refractivity contribution in [1.82, 2.24) is 29.8 Å². The highest BCUT2D eigenvalue weighted by atomic mass is 35.5. The Labute approximate surface area is 260 Å². The predicted octanol–water partition coefficient (Wildman–Crippen LogP) is 6.01. The number of ether oxygens (including phenoxy) is 2. The van der Waals surface area contributed by atoms with Gasteiger partial charge in [0, 0.05) is 47.6 Å². The Morgan fingerprint density at radius 2 is 1.77 bits per heavy atom. The minimum atomic E-state index is -0.144. The van der Waals surface area contributed by atoms with Crippen LogP contribution in [0.4, 0.5) is 5.95 Å². The molecule has 1 fully saturated rings. The molecule has 6 rings (SSSR count). The number of H-pyrrole nitrogens is 1. The SMILES string of the molecule is COC(=O)CC1CCN(Cc2cc(Oc3cnc(N4CCc5nc(C)[nH]c5C4)nc3)nc(-c3cc(Cl)cc(Cl)c3)c2)CC1. The molecular weight excluding hydrogens is 589 g/mol. The fourth-order valence-electron chi connectivity index (χ4n) is 5.73. The second kappa shape index (κ2) is 12.9. The van der Waals surface area contributed by atoms with E-state index in [9.17, 15) is 4.79 Å². The summed E-state index contributed by atoms with van der Waals surface area (Å²) in [7, 11) is 1.44. The highest BCUT2D eigenvalue weighted by Gasteiger charge is 2.23. The lowest BCUT2D eigenvalue weighted by molar-refractivity contribution is -0.142. The summed E-state index contributed by atoms with van der Waals surface area (Å²) < 4.78 is 11.1. The lowest BCUT2D eigenvalue weighted by Crippen LogP contribution is -2.34. The van der Waals surface area contributed by atoms with Gasteiger partial charge in [-0.15, -0.1) is 0 Å². The van der Waals surface area contributed by atoms with Crippen LogP contribution in [0.15, 0.2) is 42.7 Å². The number of fused-ring (bicyclic) bond motifs is 1. The first-order valence-electron chi connectivity index (χ1n) is 14.4. The molecule has 0 spiro atoms. The highest BCUT2D eigenvalue weighted by Crippen LogP contribution is 2.31. The summed E-state index contributed by atoms with van der Waals surface area (Å²) in [6.45, 7) is 5.95. The van der Waals surface area contributed by atoms with Crippen molar-refractivity contribution in [2.24, 2.45) is 5.92 Å². The summed E-state index contributed by atoms with van der Waals surface area (Å²) in [5, 5.41) is 1.06. The van der Waals surface area contributed by atoms with Gasteiger partial charge in [-0.2, -0.15) is 0 Å². The standard InChI is InChI=1S/C31H33Cl2N7O3/c1-19-36-26-5-8-40(18-28(26)37-19)31-34-15-25(16-35-31)43-29-10-21(9-27(38-29)22-12-23(32)14-24(33)13-22)17-39-6-3-20(4-7-39)11-30(41)42-2/h9-10,12-16,20H,3-8,11,17-18H2,1-2H3,(H,36,37). The molecule has 0 unspecified atom stereocenters. The molecule has 0 saturated carbocycles. The van der Waals surface area contributed by atoms with Crippen LogP contribution in [0.25, 0.3) is 11.3 Å². The molecule has 2 aliphatic rings. The first kappa shape index (κ1) is 29.3. The Kier molecular flexibility index (Phi) is 8.78. The third-order valence-corrected chi connectivity index (χ3v) is 8.32. The van der Waals surface area contributed by atoms with Crippen molar-refractivity contribution < 1.29 is 14.3 Å². The number of anilines is 1. The number of hydrogen-bond donors (Lipinski definition) is 1. The number of carbonyl (C=O) groups is 1. The van der Waals surface area contributed by atoms with Gasteiger partial charge in [0.1, 0.15) is 5.82 Å². The quantitative estimate of drug-likeness (QED) is 0.237. The fraction of sp³-hybridized carbons (Fsp3) is 0.387. The number of pyridine rings is 1. The Hall–Kier alpha value is -3.73. The van der Waals surface area contributed by atoms with Crippen molar-refractivity contribution in [3.8, 4) is 22.9 Å². The molecule has 2 aliphatic heterocycles. The largest absolute Gasteiger partial charge is 0.469 e. The Bertz CT molecular complexity index is 1580. The zero-order valence-corrected chi connectivity index (χ0v) is 25.7. The van der Waals surface area contributed by atoms with Crippen molar-refractivity contribution in [3.05, 3.63) is 75.5 Å². The van der Waals surface area contributed by atoms with E-state index in [0.717, 1.165) is 67.2 Å². The molecular formula is C31H33Cl2N7O3. The first-order valence-corrected chi connectivity index (χ1v) is 15.1. The number of benzene rings is 1.